The summed E-state index contributed by atoms with van der Waals surface area (Å²) >= 11 is 5.12. The highest BCUT2D eigenvalue weighted by Gasteiger charge is 2.09. The number of hydrogen-bond acceptors (Lipinski definition) is 3. The van der Waals surface area contributed by atoms with Gasteiger partial charge in [0.05, 0.1) is 12.8 Å². The smallest absolute Gasteiger partial charge is 0.197 e. The van der Waals surface area contributed by atoms with E-state index < -0.39 is 0 Å². The van der Waals surface area contributed by atoms with Crippen LogP contribution in [0.3, 0.4) is 0 Å². The van der Waals surface area contributed by atoms with Crippen LogP contribution in [0.25, 0.3) is 11.3 Å². The van der Waals surface area contributed by atoms with Crippen LogP contribution in [-0.2, 0) is 0 Å². The van der Waals surface area contributed by atoms with E-state index in [2.05, 4.69) is 16.9 Å². The maximum absolute atomic E-state index is 5.32. The lowest BCUT2D eigenvalue weighted by atomic mass is 9.99. The van der Waals surface area contributed by atoms with Crippen molar-refractivity contribution in [2.24, 2.45) is 0 Å². The molecule has 1 N–H and O–H groups in total. The number of H-pyrrole nitrogens is 1. The monoisotopic (exact) mass is 260 g/mol. The Morgan fingerprint density at radius 2 is 1.89 bits per heavy atom. The van der Waals surface area contributed by atoms with Gasteiger partial charge in [0.1, 0.15) is 5.75 Å². The third kappa shape index (κ3) is 2.29. The van der Waals surface area contributed by atoms with E-state index in [1.165, 1.54) is 5.56 Å². The second-order valence-electron chi connectivity index (χ2n) is 4.32. The quantitative estimate of drug-likeness (QED) is 0.836. The number of aromatic nitrogens is 2. The molecule has 4 heteroatoms. The molecule has 1 heterocycles. The zero-order valence-electron chi connectivity index (χ0n) is 11.0. The van der Waals surface area contributed by atoms with Crippen molar-refractivity contribution in [3.05, 3.63) is 39.8 Å². The first-order chi connectivity index (χ1) is 8.52. The van der Waals surface area contributed by atoms with E-state index in [0.717, 1.165) is 28.3 Å². The Morgan fingerprint density at radius 1 is 1.17 bits per heavy atom. The lowest BCUT2D eigenvalue weighted by Gasteiger charge is -2.12. The Kier molecular flexibility index (Phi) is 3.48. The van der Waals surface area contributed by atoms with Gasteiger partial charge in [-0.1, -0.05) is 0 Å². The Morgan fingerprint density at radius 3 is 2.50 bits per heavy atom. The molecule has 0 unspecified atom stereocenters. The van der Waals surface area contributed by atoms with Gasteiger partial charge in [-0.3, -0.25) is 0 Å². The minimum Gasteiger partial charge on any atom is -0.496 e. The average molecular weight is 260 g/mol. The SMILES string of the molecule is COc1ccc(-c2cc(C)[nH]c(=S)n2)c(C)c1C. The highest BCUT2D eigenvalue weighted by molar-refractivity contribution is 7.71. The van der Waals surface area contributed by atoms with Crippen LogP contribution in [0.2, 0.25) is 0 Å². The van der Waals surface area contributed by atoms with Crippen LogP contribution in [0.4, 0.5) is 0 Å². The van der Waals surface area contributed by atoms with Crippen molar-refractivity contribution < 1.29 is 4.74 Å². The van der Waals surface area contributed by atoms with Crippen molar-refractivity contribution >= 4 is 12.2 Å². The van der Waals surface area contributed by atoms with Crippen molar-refractivity contribution in [1.29, 1.82) is 0 Å². The molecule has 1 aromatic carbocycles. The highest BCUT2D eigenvalue weighted by atomic mass is 32.1. The molecule has 0 aliphatic carbocycles. The van der Waals surface area contributed by atoms with E-state index in [1.807, 2.05) is 32.0 Å². The zero-order valence-corrected chi connectivity index (χ0v) is 11.8. The van der Waals surface area contributed by atoms with Crippen LogP contribution in [0.5, 0.6) is 5.75 Å². The van der Waals surface area contributed by atoms with Gasteiger partial charge in [0, 0.05) is 11.3 Å². The number of hydrogen-bond donors (Lipinski definition) is 1. The lowest BCUT2D eigenvalue weighted by molar-refractivity contribution is 0.411. The first-order valence-corrected chi connectivity index (χ1v) is 6.16. The number of nitrogens with zero attached hydrogens (tertiary/aromatic N) is 1. The second kappa shape index (κ2) is 4.90. The van der Waals surface area contributed by atoms with E-state index in [4.69, 9.17) is 17.0 Å². The van der Waals surface area contributed by atoms with Crippen LogP contribution < -0.4 is 4.74 Å². The van der Waals surface area contributed by atoms with Gasteiger partial charge in [-0.25, -0.2) is 4.98 Å². The normalized spacial score (nSPS) is 10.4. The lowest BCUT2D eigenvalue weighted by Crippen LogP contribution is -1.96. The van der Waals surface area contributed by atoms with Gasteiger partial charge in [-0.05, 0) is 62.3 Å². The van der Waals surface area contributed by atoms with Gasteiger partial charge < -0.3 is 9.72 Å². The van der Waals surface area contributed by atoms with Crippen molar-refractivity contribution in [2.75, 3.05) is 7.11 Å². The Labute approximate surface area is 112 Å². The molecule has 18 heavy (non-hydrogen) atoms. The summed E-state index contributed by atoms with van der Waals surface area (Å²) in [7, 11) is 1.68. The predicted octanol–water partition coefficient (Wildman–Crippen LogP) is 3.74. The first kappa shape index (κ1) is 12.8. The summed E-state index contributed by atoms with van der Waals surface area (Å²) in [6, 6.07) is 6.00. The van der Waals surface area contributed by atoms with Crippen molar-refractivity contribution in [2.45, 2.75) is 20.8 Å². The molecule has 0 saturated carbocycles. The summed E-state index contributed by atoms with van der Waals surface area (Å²) in [6.07, 6.45) is 0. The predicted molar refractivity (Wildman–Crippen MR) is 75.6 cm³/mol. The van der Waals surface area contributed by atoms with Gasteiger partial charge in [0.2, 0.25) is 0 Å². The van der Waals surface area contributed by atoms with Gasteiger partial charge in [-0.15, -0.1) is 0 Å². The Bertz CT molecular complexity index is 647. The molecule has 0 atom stereocenters. The molecule has 94 valence electrons. The van der Waals surface area contributed by atoms with Crippen LogP contribution in [0.15, 0.2) is 18.2 Å². The van der Waals surface area contributed by atoms with Crippen LogP contribution >= 0.6 is 12.2 Å². The molecule has 2 aromatic rings. The fraction of sp³-hybridized carbons (Fsp3) is 0.286. The van der Waals surface area contributed by atoms with Crippen molar-refractivity contribution in [3.8, 4) is 17.0 Å². The zero-order chi connectivity index (χ0) is 13.3. The van der Waals surface area contributed by atoms with E-state index in [-0.39, 0.29) is 0 Å². The first-order valence-electron chi connectivity index (χ1n) is 5.75. The Hall–Kier alpha value is -1.68. The number of nitrogens with one attached hydrogen (secondary N) is 1. The molecule has 0 saturated heterocycles. The number of rotatable bonds is 2. The molecule has 0 amide bonds. The number of benzene rings is 1. The van der Waals surface area contributed by atoms with Gasteiger partial charge >= 0.3 is 0 Å². The second-order valence-corrected chi connectivity index (χ2v) is 4.71. The number of aromatic amines is 1. The molecular formula is C14H16N2OS. The number of methoxy groups -OCH3 is 1. The highest BCUT2D eigenvalue weighted by Crippen LogP contribution is 2.29. The van der Waals surface area contributed by atoms with E-state index in [1.54, 1.807) is 7.11 Å². The molecule has 0 aliphatic heterocycles. The van der Waals surface area contributed by atoms with Crippen LogP contribution in [0.1, 0.15) is 16.8 Å². The third-order valence-electron chi connectivity index (χ3n) is 3.11. The third-order valence-corrected chi connectivity index (χ3v) is 3.31. The largest absolute Gasteiger partial charge is 0.496 e. The summed E-state index contributed by atoms with van der Waals surface area (Å²) in [5.74, 6) is 0.897. The molecule has 0 aliphatic rings. The molecule has 2 rings (SSSR count). The van der Waals surface area contributed by atoms with E-state index in [9.17, 15) is 0 Å². The van der Waals surface area contributed by atoms with Crippen LogP contribution in [-0.4, -0.2) is 17.1 Å². The maximum Gasteiger partial charge on any atom is 0.197 e. The van der Waals surface area contributed by atoms with Crippen molar-refractivity contribution in [1.82, 2.24) is 9.97 Å². The van der Waals surface area contributed by atoms with Crippen molar-refractivity contribution in [3.63, 3.8) is 0 Å². The Balaban J connectivity index is 2.64. The topological polar surface area (TPSA) is 37.9 Å². The summed E-state index contributed by atoms with van der Waals surface area (Å²) in [4.78, 5) is 7.40. The molecule has 0 spiro atoms. The fourth-order valence-corrected chi connectivity index (χ4v) is 2.27. The molecule has 1 aromatic heterocycles. The molecular weight excluding hydrogens is 244 g/mol. The standard InChI is InChI=1S/C14H16N2OS/c1-8-7-12(16-14(18)15-8)11-5-6-13(17-4)10(3)9(11)2/h5-7H,1-4H3,(H,15,16,18). The molecule has 0 bridgehead atoms. The van der Waals surface area contributed by atoms with E-state index >= 15 is 0 Å². The van der Waals surface area contributed by atoms with Gasteiger partial charge in [0.25, 0.3) is 0 Å². The summed E-state index contributed by atoms with van der Waals surface area (Å²) in [5, 5.41) is 0. The van der Waals surface area contributed by atoms with E-state index in [0.29, 0.717) is 4.77 Å². The average Bonchev–Trinajstić information content (AvgIpc) is 2.31. The van der Waals surface area contributed by atoms with Gasteiger partial charge in [0.15, 0.2) is 4.77 Å². The molecule has 0 radical (unpaired) electrons. The number of ether oxygens (including phenoxy) is 1. The minimum atomic E-state index is 0.512. The minimum absolute atomic E-state index is 0.512. The van der Waals surface area contributed by atoms with Crippen LogP contribution in [0, 0.1) is 25.5 Å². The summed E-state index contributed by atoms with van der Waals surface area (Å²) < 4.78 is 5.83. The fourth-order valence-electron chi connectivity index (χ4n) is 2.01. The summed E-state index contributed by atoms with van der Waals surface area (Å²) in [5.41, 5.74) is 5.31. The molecule has 3 nitrogen and oxygen atoms in total. The molecule has 0 fully saturated rings. The van der Waals surface area contributed by atoms with Gasteiger partial charge in [-0.2, -0.15) is 0 Å². The summed E-state index contributed by atoms with van der Waals surface area (Å²) in [6.45, 7) is 6.10. The maximum atomic E-state index is 5.32. The number of aryl methyl sites for hydroxylation is 1.